The SMILES string of the molecule is Cc1ccc(C(=O)N2CCC(c3nc(NC4CC4)ncc3-c3ccncc3)CC2)s1. The Balaban J connectivity index is 1.37. The number of anilines is 1. The number of rotatable bonds is 5. The van der Waals surface area contributed by atoms with Crippen LogP contribution in [0.15, 0.2) is 42.9 Å². The summed E-state index contributed by atoms with van der Waals surface area (Å²) in [6, 6.07) is 8.48. The van der Waals surface area contributed by atoms with Gasteiger partial charge < -0.3 is 10.2 Å². The molecule has 1 N–H and O–H groups in total. The molecule has 6 nitrogen and oxygen atoms in total. The van der Waals surface area contributed by atoms with E-state index in [1.54, 1.807) is 23.7 Å². The molecule has 1 saturated carbocycles. The van der Waals surface area contributed by atoms with Gasteiger partial charge >= 0.3 is 0 Å². The van der Waals surface area contributed by atoms with Crippen molar-refractivity contribution < 1.29 is 4.79 Å². The minimum Gasteiger partial charge on any atom is -0.351 e. The van der Waals surface area contributed by atoms with Crippen LogP contribution < -0.4 is 5.32 Å². The fourth-order valence-corrected chi connectivity index (χ4v) is 4.84. The Morgan fingerprint density at radius 3 is 2.53 bits per heavy atom. The standard InChI is InChI=1S/C23H25N5OS/c1-15-2-5-20(30-15)22(29)28-12-8-17(9-13-28)21-19(16-6-10-24-11-7-16)14-25-23(27-21)26-18-3-4-18/h2,5-7,10-11,14,17-18H,3-4,8-9,12-13H2,1H3,(H,25,26,27). The quantitative estimate of drug-likeness (QED) is 0.659. The molecule has 0 bridgehead atoms. The summed E-state index contributed by atoms with van der Waals surface area (Å²) in [5, 5.41) is 3.43. The van der Waals surface area contributed by atoms with Gasteiger partial charge in [-0.15, -0.1) is 11.3 Å². The second-order valence-corrected chi connectivity index (χ2v) is 9.41. The second kappa shape index (κ2) is 8.14. The van der Waals surface area contributed by atoms with Gasteiger partial charge in [0.15, 0.2) is 0 Å². The molecule has 1 aliphatic heterocycles. The highest BCUT2D eigenvalue weighted by atomic mass is 32.1. The molecule has 0 spiro atoms. The van der Waals surface area contributed by atoms with Crippen LogP contribution in [-0.2, 0) is 0 Å². The number of thiophene rings is 1. The van der Waals surface area contributed by atoms with Gasteiger partial charge in [-0.3, -0.25) is 9.78 Å². The van der Waals surface area contributed by atoms with Crippen LogP contribution in [0.1, 0.15) is 51.8 Å². The van der Waals surface area contributed by atoms with Crippen molar-refractivity contribution in [2.24, 2.45) is 0 Å². The topological polar surface area (TPSA) is 71.0 Å². The van der Waals surface area contributed by atoms with Gasteiger partial charge in [0.1, 0.15) is 0 Å². The smallest absolute Gasteiger partial charge is 0.263 e. The van der Waals surface area contributed by atoms with Crippen molar-refractivity contribution in [3.63, 3.8) is 0 Å². The molecule has 0 unspecified atom stereocenters. The minimum absolute atomic E-state index is 0.152. The number of nitrogens with one attached hydrogen (secondary N) is 1. The van der Waals surface area contributed by atoms with E-state index < -0.39 is 0 Å². The van der Waals surface area contributed by atoms with E-state index in [0.717, 1.165) is 53.6 Å². The zero-order chi connectivity index (χ0) is 20.5. The highest BCUT2D eigenvalue weighted by Gasteiger charge is 2.29. The zero-order valence-corrected chi connectivity index (χ0v) is 17.9. The van der Waals surface area contributed by atoms with Crippen molar-refractivity contribution in [1.82, 2.24) is 19.9 Å². The molecule has 1 amide bonds. The third-order valence-electron chi connectivity index (χ3n) is 5.84. The predicted octanol–water partition coefficient (Wildman–Crippen LogP) is 4.50. The van der Waals surface area contributed by atoms with Crippen LogP contribution in [0, 0.1) is 6.92 Å². The summed E-state index contributed by atoms with van der Waals surface area (Å²) in [4.78, 5) is 30.5. The monoisotopic (exact) mass is 419 g/mol. The summed E-state index contributed by atoms with van der Waals surface area (Å²) in [5.74, 6) is 1.18. The summed E-state index contributed by atoms with van der Waals surface area (Å²) < 4.78 is 0. The number of pyridine rings is 1. The molecule has 2 aliphatic rings. The number of hydrogen-bond acceptors (Lipinski definition) is 6. The highest BCUT2D eigenvalue weighted by Crippen LogP contribution is 2.35. The van der Waals surface area contributed by atoms with Gasteiger partial charge in [0.2, 0.25) is 5.95 Å². The molecular weight excluding hydrogens is 394 g/mol. The van der Waals surface area contributed by atoms with Crippen LogP contribution in [0.25, 0.3) is 11.1 Å². The predicted molar refractivity (Wildman–Crippen MR) is 119 cm³/mol. The lowest BCUT2D eigenvalue weighted by atomic mass is 9.89. The van der Waals surface area contributed by atoms with Gasteiger partial charge in [0.25, 0.3) is 5.91 Å². The van der Waals surface area contributed by atoms with Crippen molar-refractivity contribution in [1.29, 1.82) is 0 Å². The molecule has 0 radical (unpaired) electrons. The van der Waals surface area contributed by atoms with Gasteiger partial charge in [-0.1, -0.05) is 0 Å². The van der Waals surface area contributed by atoms with Crippen LogP contribution >= 0.6 is 11.3 Å². The number of carbonyl (C=O) groups excluding carboxylic acids is 1. The fraction of sp³-hybridized carbons (Fsp3) is 0.391. The molecule has 4 heterocycles. The third-order valence-corrected chi connectivity index (χ3v) is 6.83. The molecular formula is C23H25N5OS. The third kappa shape index (κ3) is 4.07. The van der Waals surface area contributed by atoms with Gasteiger partial charge in [-0.25, -0.2) is 9.97 Å². The van der Waals surface area contributed by atoms with E-state index >= 15 is 0 Å². The first-order valence-electron chi connectivity index (χ1n) is 10.6. The Morgan fingerprint density at radius 2 is 1.87 bits per heavy atom. The average Bonchev–Trinajstić information content (AvgIpc) is 3.50. The summed E-state index contributed by atoms with van der Waals surface area (Å²) in [6.45, 7) is 3.55. The van der Waals surface area contributed by atoms with Gasteiger partial charge in [-0.05, 0) is 62.4 Å². The Labute approximate surface area is 180 Å². The summed E-state index contributed by atoms with van der Waals surface area (Å²) in [5.41, 5.74) is 3.24. The Morgan fingerprint density at radius 1 is 1.10 bits per heavy atom. The molecule has 0 aromatic carbocycles. The van der Waals surface area contributed by atoms with Crippen molar-refractivity contribution >= 4 is 23.2 Å². The van der Waals surface area contributed by atoms with Crippen LogP contribution in [0.4, 0.5) is 5.95 Å². The molecule has 30 heavy (non-hydrogen) atoms. The lowest BCUT2D eigenvalue weighted by Gasteiger charge is -2.32. The highest BCUT2D eigenvalue weighted by molar-refractivity contribution is 7.13. The summed E-state index contributed by atoms with van der Waals surface area (Å²) in [7, 11) is 0. The lowest BCUT2D eigenvalue weighted by Crippen LogP contribution is -2.37. The zero-order valence-electron chi connectivity index (χ0n) is 17.0. The molecule has 3 aromatic rings. The van der Waals surface area contributed by atoms with E-state index in [9.17, 15) is 4.79 Å². The Bertz CT molecular complexity index is 1040. The van der Waals surface area contributed by atoms with Gasteiger partial charge in [-0.2, -0.15) is 0 Å². The van der Waals surface area contributed by atoms with E-state index in [1.165, 1.54) is 17.7 Å². The van der Waals surface area contributed by atoms with E-state index in [4.69, 9.17) is 4.98 Å². The van der Waals surface area contributed by atoms with E-state index in [2.05, 4.69) is 15.3 Å². The summed E-state index contributed by atoms with van der Waals surface area (Å²) in [6.07, 6.45) is 9.75. The van der Waals surface area contributed by atoms with Gasteiger partial charge in [0.05, 0.1) is 10.6 Å². The number of aryl methyl sites for hydroxylation is 1. The first kappa shape index (κ1) is 19.2. The molecule has 5 rings (SSSR count). The number of amides is 1. The second-order valence-electron chi connectivity index (χ2n) is 8.12. The van der Waals surface area contributed by atoms with Crippen molar-refractivity contribution in [2.45, 2.75) is 44.6 Å². The van der Waals surface area contributed by atoms with Crippen LogP contribution in [0.2, 0.25) is 0 Å². The van der Waals surface area contributed by atoms with Crippen molar-refractivity contribution in [3.8, 4) is 11.1 Å². The normalized spacial score (nSPS) is 17.2. The number of nitrogens with zero attached hydrogens (tertiary/aromatic N) is 4. The maximum atomic E-state index is 12.8. The lowest BCUT2D eigenvalue weighted by molar-refractivity contribution is 0.0717. The molecule has 2 fully saturated rings. The van der Waals surface area contributed by atoms with E-state index in [1.807, 2.05) is 42.3 Å². The van der Waals surface area contributed by atoms with Gasteiger partial charge in [0, 0.05) is 54.1 Å². The van der Waals surface area contributed by atoms with E-state index in [0.29, 0.717) is 12.0 Å². The molecule has 7 heteroatoms. The number of piperidine rings is 1. The van der Waals surface area contributed by atoms with E-state index in [-0.39, 0.29) is 5.91 Å². The molecule has 1 aliphatic carbocycles. The molecule has 3 aromatic heterocycles. The maximum absolute atomic E-state index is 12.8. The largest absolute Gasteiger partial charge is 0.351 e. The number of hydrogen-bond donors (Lipinski definition) is 1. The first-order chi connectivity index (χ1) is 14.7. The Kier molecular flexibility index (Phi) is 5.21. The van der Waals surface area contributed by atoms with Crippen LogP contribution in [0.3, 0.4) is 0 Å². The summed E-state index contributed by atoms with van der Waals surface area (Å²) >= 11 is 1.57. The Hall–Kier alpha value is -2.80. The van der Waals surface area contributed by atoms with Crippen LogP contribution in [-0.4, -0.2) is 44.9 Å². The average molecular weight is 420 g/mol. The number of aromatic nitrogens is 3. The van der Waals surface area contributed by atoms with Crippen molar-refractivity contribution in [3.05, 3.63) is 58.3 Å². The first-order valence-corrected chi connectivity index (χ1v) is 11.4. The fourth-order valence-electron chi connectivity index (χ4n) is 4.00. The maximum Gasteiger partial charge on any atom is 0.263 e. The molecule has 154 valence electrons. The number of carbonyl (C=O) groups is 1. The molecule has 1 saturated heterocycles. The van der Waals surface area contributed by atoms with Crippen molar-refractivity contribution in [2.75, 3.05) is 18.4 Å². The minimum atomic E-state index is 0.152. The number of likely N-dealkylation sites (tertiary alicyclic amines) is 1. The molecule has 0 atom stereocenters. The van der Waals surface area contributed by atoms with Crippen LogP contribution in [0.5, 0.6) is 0 Å².